The second kappa shape index (κ2) is 6.31. The Balaban J connectivity index is 1.57. The fourth-order valence-electron chi connectivity index (χ4n) is 3.23. The van der Waals surface area contributed by atoms with Crippen LogP contribution in [-0.4, -0.2) is 47.8 Å². The van der Waals surface area contributed by atoms with Crippen molar-refractivity contribution in [3.05, 3.63) is 21.4 Å². The van der Waals surface area contributed by atoms with Crippen molar-refractivity contribution in [1.29, 1.82) is 0 Å². The summed E-state index contributed by atoms with van der Waals surface area (Å²) in [5, 5.41) is 5.02. The summed E-state index contributed by atoms with van der Waals surface area (Å²) in [6.07, 6.45) is 4.70. The number of rotatable bonds is 4. The van der Waals surface area contributed by atoms with E-state index < -0.39 is 6.04 Å². The molecule has 0 saturated carbocycles. The predicted molar refractivity (Wildman–Crippen MR) is 87.1 cm³/mol. The molecule has 1 aliphatic heterocycles. The third-order valence-electron chi connectivity index (χ3n) is 4.67. The van der Waals surface area contributed by atoms with Crippen LogP contribution >= 0.6 is 11.3 Å². The highest BCUT2D eigenvalue weighted by molar-refractivity contribution is 7.10. The van der Waals surface area contributed by atoms with Crippen LogP contribution < -0.4 is 5.32 Å². The molecule has 2 aliphatic rings. The molecule has 1 aromatic rings. The van der Waals surface area contributed by atoms with Crippen molar-refractivity contribution in [3.8, 4) is 0 Å². The number of hydrogen-bond acceptors (Lipinski definition) is 4. The minimum Gasteiger partial charge on any atom is -0.352 e. The largest absolute Gasteiger partial charge is 0.352 e. The van der Waals surface area contributed by atoms with Gasteiger partial charge in [-0.15, -0.1) is 11.3 Å². The number of fused-ring (bicyclic) bond motifs is 1. The van der Waals surface area contributed by atoms with Crippen LogP contribution in [0.15, 0.2) is 5.38 Å². The first-order valence-electron chi connectivity index (χ1n) is 7.88. The first kappa shape index (κ1) is 16.0. The highest BCUT2D eigenvalue weighted by Gasteiger charge is 2.41. The van der Waals surface area contributed by atoms with Crippen molar-refractivity contribution in [2.24, 2.45) is 0 Å². The first-order valence-corrected chi connectivity index (χ1v) is 8.76. The molecule has 1 fully saturated rings. The fourth-order valence-corrected chi connectivity index (χ4v) is 4.38. The molecule has 0 bridgehead atoms. The van der Waals surface area contributed by atoms with E-state index in [9.17, 15) is 14.4 Å². The molecule has 1 atom stereocenters. The van der Waals surface area contributed by atoms with Crippen LogP contribution in [0.3, 0.4) is 0 Å². The summed E-state index contributed by atoms with van der Waals surface area (Å²) < 4.78 is 0. The molecule has 0 spiro atoms. The molecule has 6 nitrogen and oxygen atoms in total. The molecule has 2 heterocycles. The number of carbonyl (C=O) groups is 3. The third-order valence-corrected chi connectivity index (χ3v) is 5.81. The summed E-state index contributed by atoms with van der Waals surface area (Å²) in [7, 11) is 2.99. The van der Waals surface area contributed by atoms with Crippen LogP contribution in [0.4, 0.5) is 4.79 Å². The molecule has 0 radical (unpaired) electrons. The van der Waals surface area contributed by atoms with Gasteiger partial charge in [-0.25, -0.2) is 4.79 Å². The maximum Gasteiger partial charge on any atom is 0.326 e. The number of aryl methyl sites for hydroxylation is 1. The van der Waals surface area contributed by atoms with Gasteiger partial charge in [-0.2, -0.15) is 0 Å². The van der Waals surface area contributed by atoms with Crippen molar-refractivity contribution in [2.75, 3.05) is 14.1 Å². The number of amides is 4. The quantitative estimate of drug-likeness (QED) is 0.848. The van der Waals surface area contributed by atoms with Crippen LogP contribution in [0, 0.1) is 0 Å². The zero-order valence-corrected chi connectivity index (χ0v) is 14.2. The van der Waals surface area contributed by atoms with E-state index in [2.05, 4.69) is 10.7 Å². The average Bonchev–Trinajstić information content (AvgIpc) is 3.04. The lowest BCUT2D eigenvalue weighted by Gasteiger charge is -2.16. The second-order valence-corrected chi connectivity index (χ2v) is 7.12. The van der Waals surface area contributed by atoms with Crippen molar-refractivity contribution in [1.82, 2.24) is 15.1 Å². The van der Waals surface area contributed by atoms with Gasteiger partial charge in [0.1, 0.15) is 6.04 Å². The molecule has 23 heavy (non-hydrogen) atoms. The molecular formula is C16H21N3O3S. The van der Waals surface area contributed by atoms with Crippen molar-refractivity contribution in [3.63, 3.8) is 0 Å². The Morgan fingerprint density at radius 1 is 1.30 bits per heavy atom. The second-order valence-electron chi connectivity index (χ2n) is 6.16. The molecule has 1 unspecified atom stereocenters. The van der Waals surface area contributed by atoms with Gasteiger partial charge in [-0.1, -0.05) is 0 Å². The molecular weight excluding hydrogens is 314 g/mol. The van der Waals surface area contributed by atoms with Crippen LogP contribution in [0.5, 0.6) is 0 Å². The number of nitrogens with one attached hydrogen (secondary N) is 1. The van der Waals surface area contributed by atoms with E-state index in [1.54, 1.807) is 18.4 Å². The number of hydrogen-bond donors (Lipinski definition) is 1. The normalized spacial score (nSPS) is 20.9. The van der Waals surface area contributed by atoms with Gasteiger partial charge in [-0.05, 0) is 42.2 Å². The fraction of sp³-hybridized carbons (Fsp3) is 0.562. The number of likely N-dealkylation sites (N-methyl/N-ethyl adjacent to an activating group) is 2. The Hall–Kier alpha value is -1.89. The molecule has 4 amide bonds. The van der Waals surface area contributed by atoms with E-state index in [0.717, 1.165) is 17.7 Å². The average molecular weight is 335 g/mol. The summed E-state index contributed by atoms with van der Waals surface area (Å²) >= 11 is 1.77. The Morgan fingerprint density at radius 3 is 2.74 bits per heavy atom. The number of thiophene rings is 1. The van der Waals surface area contributed by atoms with Crippen LogP contribution in [0.25, 0.3) is 0 Å². The lowest BCUT2D eigenvalue weighted by atomic mass is 9.96. The van der Waals surface area contributed by atoms with Gasteiger partial charge in [-0.3, -0.25) is 14.5 Å². The van der Waals surface area contributed by atoms with Gasteiger partial charge in [0.05, 0.1) is 6.42 Å². The van der Waals surface area contributed by atoms with E-state index in [1.165, 1.54) is 40.8 Å². The van der Waals surface area contributed by atoms with Gasteiger partial charge in [0, 0.05) is 25.5 Å². The molecule has 1 aliphatic carbocycles. The van der Waals surface area contributed by atoms with E-state index in [0.29, 0.717) is 6.54 Å². The Kier molecular flexibility index (Phi) is 4.39. The molecule has 0 aromatic carbocycles. The van der Waals surface area contributed by atoms with Gasteiger partial charge in [0.15, 0.2) is 0 Å². The summed E-state index contributed by atoms with van der Waals surface area (Å²) in [6.45, 7) is 0.499. The number of imide groups is 1. The van der Waals surface area contributed by atoms with E-state index in [1.807, 2.05) is 0 Å². The first-order chi connectivity index (χ1) is 11.0. The third kappa shape index (κ3) is 2.97. The number of urea groups is 1. The molecule has 1 saturated heterocycles. The summed E-state index contributed by atoms with van der Waals surface area (Å²) in [5.41, 5.74) is 2.59. The smallest absolute Gasteiger partial charge is 0.326 e. The van der Waals surface area contributed by atoms with Crippen LogP contribution in [0.2, 0.25) is 0 Å². The van der Waals surface area contributed by atoms with E-state index >= 15 is 0 Å². The number of carbonyl (C=O) groups excluding carboxylic acids is 3. The van der Waals surface area contributed by atoms with Crippen LogP contribution in [-0.2, 0) is 29.0 Å². The zero-order valence-electron chi connectivity index (χ0n) is 13.4. The Labute approximate surface area is 139 Å². The van der Waals surface area contributed by atoms with Crippen molar-refractivity contribution in [2.45, 2.75) is 44.7 Å². The van der Waals surface area contributed by atoms with E-state index in [-0.39, 0.29) is 24.3 Å². The summed E-state index contributed by atoms with van der Waals surface area (Å²) in [4.78, 5) is 39.7. The zero-order chi connectivity index (χ0) is 16.6. The molecule has 1 N–H and O–H groups in total. The SMILES string of the molecule is CN1C(=O)C(CC(=O)NCc2csc3c2CCCC3)N(C)C1=O. The monoisotopic (exact) mass is 335 g/mol. The maximum atomic E-state index is 12.2. The summed E-state index contributed by atoms with van der Waals surface area (Å²) in [6, 6.07) is -1.05. The van der Waals surface area contributed by atoms with Gasteiger partial charge in [0.25, 0.3) is 5.91 Å². The van der Waals surface area contributed by atoms with Crippen molar-refractivity contribution < 1.29 is 14.4 Å². The standard InChI is InChI=1S/C16H21N3O3S/c1-18-12(15(21)19(2)16(18)22)7-14(20)17-8-10-9-23-13-6-4-3-5-11(10)13/h9,12H,3-8H2,1-2H3,(H,17,20). The number of nitrogens with zero attached hydrogens (tertiary/aromatic N) is 2. The summed E-state index contributed by atoms with van der Waals surface area (Å²) in [5.74, 6) is -0.519. The molecule has 124 valence electrons. The van der Waals surface area contributed by atoms with Gasteiger partial charge < -0.3 is 10.2 Å². The Morgan fingerprint density at radius 2 is 2.04 bits per heavy atom. The lowest BCUT2D eigenvalue weighted by Crippen LogP contribution is -2.37. The van der Waals surface area contributed by atoms with Gasteiger partial charge >= 0.3 is 6.03 Å². The van der Waals surface area contributed by atoms with Gasteiger partial charge in [0.2, 0.25) is 5.91 Å². The predicted octanol–water partition coefficient (Wildman–Crippen LogP) is 1.53. The minimum atomic E-state index is -0.691. The molecule has 3 rings (SSSR count). The van der Waals surface area contributed by atoms with E-state index in [4.69, 9.17) is 0 Å². The van der Waals surface area contributed by atoms with Crippen LogP contribution in [0.1, 0.15) is 35.3 Å². The highest BCUT2D eigenvalue weighted by atomic mass is 32.1. The molecule has 1 aromatic heterocycles. The maximum absolute atomic E-state index is 12.2. The highest BCUT2D eigenvalue weighted by Crippen LogP contribution is 2.30. The minimum absolute atomic E-state index is 0.0116. The molecule has 7 heteroatoms. The topological polar surface area (TPSA) is 69.7 Å². The Bertz CT molecular complexity index is 655. The van der Waals surface area contributed by atoms with Crippen molar-refractivity contribution >= 4 is 29.2 Å². The lowest BCUT2D eigenvalue weighted by molar-refractivity contribution is -0.131.